The molecule has 0 spiro atoms. The van der Waals surface area contributed by atoms with Gasteiger partial charge in [0.2, 0.25) is 0 Å². The highest BCUT2D eigenvalue weighted by Crippen LogP contribution is 2.36. The zero-order chi connectivity index (χ0) is 17.8. The van der Waals surface area contributed by atoms with Crippen molar-refractivity contribution in [2.75, 3.05) is 13.9 Å². The van der Waals surface area contributed by atoms with Gasteiger partial charge in [-0.05, 0) is 18.2 Å². The highest BCUT2D eigenvalue weighted by atomic mass is 79.9. The first kappa shape index (κ1) is 18.0. The number of benzene rings is 2. The molecule has 25 heavy (non-hydrogen) atoms. The Morgan fingerprint density at radius 3 is 2.84 bits per heavy atom. The second-order valence-corrected chi connectivity index (χ2v) is 7.31. The Hall–Kier alpha value is -1.77. The van der Waals surface area contributed by atoms with E-state index in [0.29, 0.717) is 18.1 Å². The molecular weight excluding hydrogens is 410 g/mol. The predicted molar refractivity (Wildman–Crippen MR) is 99.1 cm³/mol. The summed E-state index contributed by atoms with van der Waals surface area (Å²) in [5.41, 5.74) is 2.65. The van der Waals surface area contributed by atoms with Crippen LogP contribution in [0.1, 0.15) is 16.7 Å². The molecule has 2 aromatic rings. The lowest BCUT2D eigenvalue weighted by atomic mass is 10.1. The zero-order valence-electron chi connectivity index (χ0n) is 13.5. The topological polar surface area (TPSA) is 70.8 Å². The number of thioether (sulfide) groups is 1. The molecule has 0 aromatic heterocycles. The molecule has 0 unspecified atom stereocenters. The average molecular weight is 426 g/mol. The molecule has 1 aliphatic heterocycles. The zero-order valence-corrected chi connectivity index (χ0v) is 15.9. The second-order valence-electron chi connectivity index (χ2n) is 5.41. The molecule has 0 saturated heterocycles. The van der Waals surface area contributed by atoms with Gasteiger partial charge in [0, 0.05) is 44.8 Å². The van der Waals surface area contributed by atoms with Crippen molar-refractivity contribution in [1.82, 2.24) is 0 Å². The molecule has 0 saturated carbocycles. The van der Waals surface area contributed by atoms with E-state index in [4.69, 9.17) is 14.2 Å². The van der Waals surface area contributed by atoms with Gasteiger partial charge < -0.3 is 14.2 Å². The van der Waals surface area contributed by atoms with Gasteiger partial charge in [-0.2, -0.15) is 11.8 Å². The number of hydrogen-bond donors (Lipinski definition) is 0. The van der Waals surface area contributed by atoms with Crippen LogP contribution in [0.3, 0.4) is 0 Å². The van der Waals surface area contributed by atoms with Crippen LogP contribution in [0, 0.1) is 10.1 Å². The number of nitro groups is 1. The van der Waals surface area contributed by atoms with Crippen LogP contribution in [0.2, 0.25) is 0 Å². The number of methoxy groups -OCH3 is 1. The minimum atomic E-state index is -0.389. The van der Waals surface area contributed by atoms with Crippen LogP contribution >= 0.6 is 27.7 Å². The van der Waals surface area contributed by atoms with E-state index in [1.165, 1.54) is 6.07 Å². The number of fused-ring (bicyclic) bond motifs is 1. The van der Waals surface area contributed by atoms with E-state index in [2.05, 4.69) is 15.9 Å². The fraction of sp³-hybridized carbons (Fsp3) is 0.294. The van der Waals surface area contributed by atoms with Crippen molar-refractivity contribution in [3.05, 3.63) is 61.6 Å². The van der Waals surface area contributed by atoms with Gasteiger partial charge in [-0.1, -0.05) is 15.9 Å². The molecule has 0 radical (unpaired) electrons. The summed E-state index contributed by atoms with van der Waals surface area (Å²) in [6.07, 6.45) is 0. The van der Waals surface area contributed by atoms with Crippen LogP contribution in [-0.4, -0.2) is 18.8 Å². The minimum absolute atomic E-state index is 0.0588. The summed E-state index contributed by atoms with van der Waals surface area (Å²) >= 11 is 5.11. The molecule has 132 valence electrons. The van der Waals surface area contributed by atoms with E-state index in [1.54, 1.807) is 24.9 Å². The number of nitro benzene ring substituents is 1. The van der Waals surface area contributed by atoms with Crippen LogP contribution < -0.4 is 9.47 Å². The van der Waals surface area contributed by atoms with E-state index in [0.717, 1.165) is 32.7 Å². The van der Waals surface area contributed by atoms with Crippen LogP contribution in [0.15, 0.2) is 34.8 Å². The summed E-state index contributed by atoms with van der Waals surface area (Å²) in [5.74, 6) is 2.84. The lowest BCUT2D eigenvalue weighted by Gasteiger charge is -2.20. The molecular formula is C17H16BrNO5S. The molecule has 1 heterocycles. The van der Waals surface area contributed by atoms with Crippen LogP contribution in [0.5, 0.6) is 11.5 Å². The number of hydrogen-bond acceptors (Lipinski definition) is 6. The summed E-state index contributed by atoms with van der Waals surface area (Å²) < 4.78 is 17.2. The van der Waals surface area contributed by atoms with Crippen LogP contribution in [0.4, 0.5) is 5.69 Å². The van der Waals surface area contributed by atoms with Crippen molar-refractivity contribution in [3.8, 4) is 11.5 Å². The molecule has 0 aliphatic carbocycles. The molecule has 1 aliphatic rings. The number of rotatable bonds is 6. The van der Waals surface area contributed by atoms with Crippen molar-refractivity contribution in [3.63, 3.8) is 0 Å². The average Bonchev–Trinajstić information content (AvgIpc) is 2.61. The molecule has 0 bridgehead atoms. The maximum absolute atomic E-state index is 11.2. The molecule has 3 rings (SSSR count). The summed E-state index contributed by atoms with van der Waals surface area (Å²) in [6, 6.07) is 8.95. The second kappa shape index (κ2) is 8.07. The SMILES string of the molecule is COc1ccc(Br)cc1CSCc1cc([N+](=O)[O-])cc2c1OCOC2. The molecule has 0 atom stereocenters. The Morgan fingerprint density at radius 1 is 1.28 bits per heavy atom. The Balaban J connectivity index is 1.78. The van der Waals surface area contributed by atoms with Gasteiger partial charge >= 0.3 is 0 Å². The summed E-state index contributed by atoms with van der Waals surface area (Å²) in [6.45, 7) is 0.496. The largest absolute Gasteiger partial charge is 0.496 e. The molecule has 6 nitrogen and oxygen atoms in total. The van der Waals surface area contributed by atoms with Gasteiger partial charge in [0.15, 0.2) is 6.79 Å². The summed E-state index contributed by atoms with van der Waals surface area (Å²) in [4.78, 5) is 10.8. The van der Waals surface area contributed by atoms with Gasteiger partial charge in [0.25, 0.3) is 5.69 Å². The molecule has 0 N–H and O–H groups in total. The predicted octanol–water partition coefficient (Wildman–Crippen LogP) is 4.67. The first-order valence-electron chi connectivity index (χ1n) is 7.49. The van der Waals surface area contributed by atoms with Gasteiger partial charge in [0.05, 0.1) is 18.6 Å². The first-order chi connectivity index (χ1) is 12.1. The smallest absolute Gasteiger partial charge is 0.270 e. The van der Waals surface area contributed by atoms with E-state index in [-0.39, 0.29) is 17.4 Å². The Morgan fingerprint density at radius 2 is 2.08 bits per heavy atom. The fourth-order valence-electron chi connectivity index (χ4n) is 2.62. The van der Waals surface area contributed by atoms with Crippen molar-refractivity contribution in [2.45, 2.75) is 18.1 Å². The fourth-order valence-corrected chi connectivity index (χ4v) is 4.01. The normalized spacial score (nSPS) is 13.0. The number of halogens is 1. The van der Waals surface area contributed by atoms with E-state index in [9.17, 15) is 10.1 Å². The first-order valence-corrected chi connectivity index (χ1v) is 9.44. The molecule has 2 aromatic carbocycles. The molecule has 8 heteroatoms. The van der Waals surface area contributed by atoms with Crippen molar-refractivity contribution in [2.24, 2.45) is 0 Å². The van der Waals surface area contributed by atoms with E-state index < -0.39 is 0 Å². The van der Waals surface area contributed by atoms with Gasteiger partial charge in [-0.15, -0.1) is 0 Å². The van der Waals surface area contributed by atoms with E-state index in [1.807, 2.05) is 18.2 Å². The number of non-ortho nitro benzene ring substituents is 1. The third-order valence-corrected chi connectivity index (χ3v) is 5.26. The standard InChI is InChI=1S/C17H16BrNO5S/c1-22-16-3-2-14(18)4-12(16)8-25-9-13-6-15(19(20)21)5-11-7-23-10-24-17(11)13/h2-6H,7-10H2,1H3. The van der Waals surface area contributed by atoms with Crippen molar-refractivity contribution < 1.29 is 19.1 Å². The number of nitrogens with zero attached hydrogens (tertiary/aromatic N) is 1. The quantitative estimate of drug-likeness (QED) is 0.494. The maximum atomic E-state index is 11.2. The van der Waals surface area contributed by atoms with Crippen molar-refractivity contribution in [1.29, 1.82) is 0 Å². The lowest BCUT2D eigenvalue weighted by Crippen LogP contribution is -2.13. The Bertz CT molecular complexity index is 799. The molecule has 0 fully saturated rings. The third kappa shape index (κ3) is 4.26. The minimum Gasteiger partial charge on any atom is -0.496 e. The van der Waals surface area contributed by atoms with Gasteiger partial charge in [-0.25, -0.2) is 0 Å². The van der Waals surface area contributed by atoms with Crippen LogP contribution in [-0.2, 0) is 22.8 Å². The highest BCUT2D eigenvalue weighted by molar-refractivity contribution is 9.10. The van der Waals surface area contributed by atoms with Gasteiger partial charge in [0.1, 0.15) is 11.5 Å². The monoisotopic (exact) mass is 425 g/mol. The summed E-state index contributed by atoms with van der Waals surface area (Å²) in [7, 11) is 1.64. The Labute approximate surface area is 157 Å². The Kier molecular flexibility index (Phi) is 5.82. The summed E-state index contributed by atoms with van der Waals surface area (Å²) in [5, 5.41) is 11.2. The number of ether oxygens (including phenoxy) is 3. The van der Waals surface area contributed by atoms with E-state index >= 15 is 0 Å². The van der Waals surface area contributed by atoms with Crippen molar-refractivity contribution >= 4 is 33.4 Å². The highest BCUT2D eigenvalue weighted by Gasteiger charge is 2.21. The lowest BCUT2D eigenvalue weighted by molar-refractivity contribution is -0.385. The van der Waals surface area contributed by atoms with Crippen LogP contribution in [0.25, 0.3) is 0 Å². The maximum Gasteiger partial charge on any atom is 0.270 e. The third-order valence-electron chi connectivity index (χ3n) is 3.74. The molecule has 0 amide bonds. The van der Waals surface area contributed by atoms with Gasteiger partial charge in [-0.3, -0.25) is 10.1 Å².